The van der Waals surface area contributed by atoms with Crippen molar-refractivity contribution in [2.24, 2.45) is 5.92 Å². The fourth-order valence-corrected chi connectivity index (χ4v) is 2.60. The van der Waals surface area contributed by atoms with E-state index in [9.17, 15) is 4.79 Å². The zero-order chi connectivity index (χ0) is 15.1. The normalized spacial score (nSPS) is 18.7. The summed E-state index contributed by atoms with van der Waals surface area (Å²) >= 11 is 0. The van der Waals surface area contributed by atoms with Crippen LogP contribution in [-0.2, 0) is 9.53 Å². The molecule has 1 saturated heterocycles. The van der Waals surface area contributed by atoms with Crippen LogP contribution in [0, 0.1) is 5.92 Å². The lowest BCUT2D eigenvalue weighted by molar-refractivity contribution is -0.116. The van der Waals surface area contributed by atoms with Gasteiger partial charge < -0.3 is 20.7 Å². The summed E-state index contributed by atoms with van der Waals surface area (Å²) in [5, 5.41) is 2.85. The van der Waals surface area contributed by atoms with Crippen molar-refractivity contribution >= 4 is 17.3 Å². The van der Waals surface area contributed by atoms with Gasteiger partial charge >= 0.3 is 0 Å². The predicted molar refractivity (Wildman–Crippen MR) is 85.1 cm³/mol. The Kier molecular flexibility index (Phi) is 6.02. The van der Waals surface area contributed by atoms with Crippen molar-refractivity contribution in [1.29, 1.82) is 0 Å². The third kappa shape index (κ3) is 5.36. The van der Waals surface area contributed by atoms with E-state index in [0.717, 1.165) is 32.7 Å². The third-order valence-electron chi connectivity index (χ3n) is 3.78. The van der Waals surface area contributed by atoms with E-state index in [1.54, 1.807) is 6.07 Å². The maximum atomic E-state index is 11.9. The molecule has 1 aromatic rings. The summed E-state index contributed by atoms with van der Waals surface area (Å²) in [7, 11) is 2.05. The van der Waals surface area contributed by atoms with E-state index in [-0.39, 0.29) is 5.91 Å². The summed E-state index contributed by atoms with van der Waals surface area (Å²) in [5.41, 5.74) is 7.09. The summed E-state index contributed by atoms with van der Waals surface area (Å²) in [6.07, 6.45) is 2.84. The van der Waals surface area contributed by atoms with Crippen LogP contribution in [-0.4, -0.2) is 44.2 Å². The number of benzene rings is 1. The van der Waals surface area contributed by atoms with Crippen LogP contribution in [0.15, 0.2) is 24.3 Å². The Morgan fingerprint density at radius 3 is 3.00 bits per heavy atom. The molecule has 0 saturated carbocycles. The van der Waals surface area contributed by atoms with Crippen molar-refractivity contribution in [3.8, 4) is 0 Å². The number of amides is 1. The molecule has 1 aromatic carbocycles. The Labute approximate surface area is 126 Å². The van der Waals surface area contributed by atoms with E-state index in [2.05, 4.69) is 17.3 Å². The molecular formula is C16H25N3O2. The van der Waals surface area contributed by atoms with Gasteiger partial charge in [-0.25, -0.2) is 0 Å². The number of nitrogens with two attached hydrogens (primary N) is 1. The molecule has 116 valence electrons. The highest BCUT2D eigenvalue weighted by Gasteiger charge is 2.16. The first-order chi connectivity index (χ1) is 10.1. The fourth-order valence-electron chi connectivity index (χ4n) is 2.60. The summed E-state index contributed by atoms with van der Waals surface area (Å²) in [6, 6.07) is 7.31. The first kappa shape index (κ1) is 15.8. The molecule has 1 unspecified atom stereocenters. The van der Waals surface area contributed by atoms with Crippen LogP contribution in [0.1, 0.15) is 19.3 Å². The average molecular weight is 291 g/mol. The van der Waals surface area contributed by atoms with Crippen molar-refractivity contribution in [3.05, 3.63) is 24.3 Å². The maximum Gasteiger partial charge on any atom is 0.225 e. The van der Waals surface area contributed by atoms with Gasteiger partial charge in [0.25, 0.3) is 0 Å². The molecule has 0 spiro atoms. The number of nitrogen functional groups attached to an aromatic ring is 1. The number of nitrogens with one attached hydrogen (secondary N) is 1. The van der Waals surface area contributed by atoms with Gasteiger partial charge in [-0.1, -0.05) is 12.1 Å². The smallest absolute Gasteiger partial charge is 0.225 e. The molecule has 5 heteroatoms. The third-order valence-corrected chi connectivity index (χ3v) is 3.78. The molecule has 1 heterocycles. The van der Waals surface area contributed by atoms with Crippen LogP contribution in [0.5, 0.6) is 0 Å². The fraction of sp³-hybridized carbons (Fsp3) is 0.562. The molecule has 0 radical (unpaired) electrons. The van der Waals surface area contributed by atoms with Gasteiger partial charge in [-0.2, -0.15) is 0 Å². The molecule has 5 nitrogen and oxygen atoms in total. The van der Waals surface area contributed by atoms with Gasteiger partial charge in [-0.15, -0.1) is 0 Å². The molecular weight excluding hydrogens is 266 g/mol. The van der Waals surface area contributed by atoms with Gasteiger partial charge in [0.15, 0.2) is 0 Å². The Bertz CT molecular complexity index is 459. The lowest BCUT2D eigenvalue weighted by atomic mass is 10.0. The van der Waals surface area contributed by atoms with Crippen LogP contribution in [0.3, 0.4) is 0 Å². The van der Waals surface area contributed by atoms with Crippen molar-refractivity contribution in [2.45, 2.75) is 19.3 Å². The molecule has 2 rings (SSSR count). The first-order valence-corrected chi connectivity index (χ1v) is 7.56. The SMILES string of the molecule is CN(CCC(=O)Nc1ccccc1N)CC1CCCOC1. The van der Waals surface area contributed by atoms with E-state index >= 15 is 0 Å². The predicted octanol–water partition coefficient (Wildman–Crippen LogP) is 1.96. The van der Waals surface area contributed by atoms with Crippen molar-refractivity contribution in [2.75, 3.05) is 44.4 Å². The second-order valence-electron chi connectivity index (χ2n) is 5.73. The lowest BCUT2D eigenvalue weighted by Crippen LogP contribution is -2.32. The molecule has 0 bridgehead atoms. The van der Waals surface area contributed by atoms with E-state index in [1.165, 1.54) is 6.42 Å². The summed E-state index contributed by atoms with van der Waals surface area (Å²) in [6.45, 7) is 3.47. The second-order valence-corrected chi connectivity index (χ2v) is 5.73. The Balaban J connectivity index is 1.69. The minimum absolute atomic E-state index is 0.000329. The van der Waals surface area contributed by atoms with Crippen molar-refractivity contribution < 1.29 is 9.53 Å². The number of para-hydroxylation sites is 2. The quantitative estimate of drug-likeness (QED) is 0.786. The molecule has 0 aromatic heterocycles. The van der Waals surface area contributed by atoms with Crippen molar-refractivity contribution in [3.63, 3.8) is 0 Å². The monoisotopic (exact) mass is 291 g/mol. The molecule has 3 N–H and O–H groups in total. The Morgan fingerprint density at radius 1 is 1.48 bits per heavy atom. The highest BCUT2D eigenvalue weighted by Crippen LogP contribution is 2.17. The highest BCUT2D eigenvalue weighted by atomic mass is 16.5. The summed E-state index contributed by atoms with van der Waals surface area (Å²) in [4.78, 5) is 14.1. The highest BCUT2D eigenvalue weighted by molar-refractivity contribution is 5.93. The number of hydrogen-bond donors (Lipinski definition) is 2. The van der Waals surface area contributed by atoms with Crippen LogP contribution in [0.4, 0.5) is 11.4 Å². The Hall–Kier alpha value is -1.59. The van der Waals surface area contributed by atoms with Gasteiger partial charge in [0.1, 0.15) is 0 Å². The van der Waals surface area contributed by atoms with Crippen LogP contribution in [0.25, 0.3) is 0 Å². The number of carbonyl (C=O) groups excluding carboxylic acids is 1. The number of nitrogens with zero attached hydrogens (tertiary/aromatic N) is 1. The van der Waals surface area contributed by atoms with Gasteiger partial charge in [-0.05, 0) is 37.9 Å². The van der Waals surface area contributed by atoms with Gasteiger partial charge in [-0.3, -0.25) is 4.79 Å². The standard InChI is InChI=1S/C16H25N3O2/c1-19(11-13-5-4-10-21-12-13)9-8-16(20)18-15-7-3-2-6-14(15)17/h2-3,6-7,13H,4-5,8-12,17H2,1H3,(H,18,20). The van der Waals surface area contributed by atoms with E-state index in [4.69, 9.17) is 10.5 Å². The van der Waals surface area contributed by atoms with Crippen LogP contribution in [0.2, 0.25) is 0 Å². The van der Waals surface area contributed by atoms with Gasteiger partial charge in [0.05, 0.1) is 18.0 Å². The van der Waals surface area contributed by atoms with E-state index in [0.29, 0.717) is 23.7 Å². The Morgan fingerprint density at radius 2 is 2.29 bits per heavy atom. The average Bonchev–Trinajstić information content (AvgIpc) is 2.49. The molecule has 21 heavy (non-hydrogen) atoms. The molecule has 1 fully saturated rings. The van der Waals surface area contributed by atoms with Crippen LogP contribution >= 0.6 is 0 Å². The number of carbonyl (C=O) groups is 1. The van der Waals surface area contributed by atoms with E-state index < -0.39 is 0 Å². The number of hydrogen-bond acceptors (Lipinski definition) is 4. The zero-order valence-electron chi connectivity index (χ0n) is 12.7. The van der Waals surface area contributed by atoms with E-state index in [1.807, 2.05) is 18.2 Å². The molecule has 1 aliphatic rings. The molecule has 1 amide bonds. The lowest BCUT2D eigenvalue weighted by Gasteiger charge is -2.26. The maximum absolute atomic E-state index is 11.9. The number of ether oxygens (including phenoxy) is 1. The molecule has 0 aliphatic carbocycles. The molecule has 1 aliphatic heterocycles. The van der Waals surface area contributed by atoms with Gasteiger partial charge in [0.2, 0.25) is 5.91 Å². The summed E-state index contributed by atoms with van der Waals surface area (Å²) < 4.78 is 5.48. The topological polar surface area (TPSA) is 67.6 Å². The minimum atomic E-state index is -0.000329. The summed E-state index contributed by atoms with van der Waals surface area (Å²) in [5.74, 6) is 0.594. The molecule has 1 atom stereocenters. The number of anilines is 2. The first-order valence-electron chi connectivity index (χ1n) is 7.56. The van der Waals surface area contributed by atoms with Crippen molar-refractivity contribution in [1.82, 2.24) is 4.90 Å². The van der Waals surface area contributed by atoms with Gasteiger partial charge in [0, 0.05) is 26.1 Å². The largest absolute Gasteiger partial charge is 0.397 e. The van der Waals surface area contributed by atoms with Crippen LogP contribution < -0.4 is 11.1 Å². The zero-order valence-corrected chi connectivity index (χ0v) is 12.7. The second kappa shape index (κ2) is 8.00. The minimum Gasteiger partial charge on any atom is -0.397 e. The number of rotatable bonds is 6.